The van der Waals surface area contributed by atoms with E-state index in [1.807, 2.05) is 19.1 Å². The van der Waals surface area contributed by atoms with Gasteiger partial charge in [-0.2, -0.15) is 0 Å². The average molecular weight is 460 g/mol. The van der Waals surface area contributed by atoms with E-state index in [9.17, 15) is 19.2 Å². The van der Waals surface area contributed by atoms with E-state index in [1.165, 1.54) is 7.11 Å². The second-order valence-corrected chi connectivity index (χ2v) is 9.81. The number of rotatable bonds is 6. The second kappa shape index (κ2) is 9.41. The third-order valence-corrected chi connectivity index (χ3v) is 6.49. The first-order chi connectivity index (χ1) is 15.5. The quantitative estimate of drug-likeness (QED) is 0.499. The molecule has 1 aliphatic heterocycles. The van der Waals surface area contributed by atoms with Gasteiger partial charge in [-0.05, 0) is 41.9 Å². The zero-order valence-electron chi connectivity index (χ0n) is 19.9. The number of methoxy groups -OCH3 is 1. The maximum Gasteiger partial charge on any atom is 0.326 e. The Morgan fingerprint density at radius 2 is 1.97 bits per heavy atom. The van der Waals surface area contributed by atoms with Gasteiger partial charge in [0.05, 0.1) is 12.8 Å². The summed E-state index contributed by atoms with van der Waals surface area (Å²) in [5.41, 5.74) is 0.392. The summed E-state index contributed by atoms with van der Waals surface area (Å²) in [6.45, 7) is 7.01. The molecule has 1 heterocycles. The standard InChI is InChI=1S/C24H33N3O6/c1-15-8-6-7-11-24(15)21(30)27(22(31)26-24)13-20(29)33-14-19(28)25-17-12-16(23(2,3)4)9-10-18(17)32-5/h9-10,12,15H,6-8,11,13-14H2,1-5H3,(H,25,28)(H,26,31)/t15-,24-/m1/s1. The molecule has 1 spiro atoms. The van der Waals surface area contributed by atoms with Crippen molar-refractivity contribution in [3.05, 3.63) is 23.8 Å². The van der Waals surface area contributed by atoms with Crippen molar-refractivity contribution in [2.45, 2.75) is 64.3 Å². The van der Waals surface area contributed by atoms with Crippen molar-refractivity contribution in [3.8, 4) is 5.75 Å². The van der Waals surface area contributed by atoms with Gasteiger partial charge in [-0.1, -0.05) is 46.6 Å². The summed E-state index contributed by atoms with van der Waals surface area (Å²) in [6.07, 6.45) is 3.24. The molecule has 3 rings (SSSR count). The van der Waals surface area contributed by atoms with E-state index in [0.717, 1.165) is 29.7 Å². The Balaban J connectivity index is 1.58. The summed E-state index contributed by atoms with van der Waals surface area (Å²) in [5, 5.41) is 5.48. The van der Waals surface area contributed by atoms with E-state index in [0.29, 0.717) is 17.9 Å². The molecule has 9 nitrogen and oxygen atoms in total. The minimum Gasteiger partial charge on any atom is -0.495 e. The van der Waals surface area contributed by atoms with E-state index >= 15 is 0 Å². The number of hydrogen-bond acceptors (Lipinski definition) is 6. The highest BCUT2D eigenvalue weighted by molar-refractivity contribution is 6.09. The number of urea groups is 1. The highest BCUT2D eigenvalue weighted by atomic mass is 16.5. The maximum absolute atomic E-state index is 12.9. The molecule has 33 heavy (non-hydrogen) atoms. The number of ether oxygens (including phenoxy) is 2. The van der Waals surface area contributed by atoms with Crippen molar-refractivity contribution >= 4 is 29.5 Å². The fraction of sp³-hybridized carbons (Fsp3) is 0.583. The van der Waals surface area contributed by atoms with Crippen LogP contribution in [0.2, 0.25) is 0 Å². The van der Waals surface area contributed by atoms with Crippen LogP contribution in [-0.2, 0) is 24.5 Å². The van der Waals surface area contributed by atoms with Gasteiger partial charge in [-0.3, -0.25) is 19.3 Å². The van der Waals surface area contributed by atoms with Gasteiger partial charge in [0.25, 0.3) is 11.8 Å². The largest absolute Gasteiger partial charge is 0.495 e. The normalized spacial score (nSPS) is 22.8. The first-order valence-electron chi connectivity index (χ1n) is 11.3. The van der Waals surface area contributed by atoms with Crippen LogP contribution in [0.1, 0.15) is 58.9 Å². The summed E-state index contributed by atoms with van der Waals surface area (Å²) in [6, 6.07) is 4.91. The summed E-state index contributed by atoms with van der Waals surface area (Å²) in [5.74, 6) is -1.31. The zero-order chi connectivity index (χ0) is 24.4. The molecule has 180 valence electrons. The second-order valence-electron chi connectivity index (χ2n) is 9.81. The van der Waals surface area contributed by atoms with Gasteiger partial charge in [0.15, 0.2) is 6.61 Å². The van der Waals surface area contributed by atoms with Crippen molar-refractivity contribution in [1.29, 1.82) is 0 Å². The highest BCUT2D eigenvalue weighted by Crippen LogP contribution is 2.38. The molecule has 1 saturated carbocycles. The van der Waals surface area contributed by atoms with Gasteiger partial charge in [-0.25, -0.2) is 4.79 Å². The van der Waals surface area contributed by atoms with Gasteiger partial charge in [0.2, 0.25) is 0 Å². The molecule has 1 aliphatic carbocycles. The van der Waals surface area contributed by atoms with Crippen LogP contribution < -0.4 is 15.4 Å². The van der Waals surface area contributed by atoms with E-state index in [2.05, 4.69) is 31.4 Å². The summed E-state index contributed by atoms with van der Waals surface area (Å²) < 4.78 is 10.3. The van der Waals surface area contributed by atoms with Crippen LogP contribution in [-0.4, -0.2) is 54.5 Å². The summed E-state index contributed by atoms with van der Waals surface area (Å²) in [7, 11) is 1.50. The molecule has 2 fully saturated rings. The van der Waals surface area contributed by atoms with E-state index in [1.54, 1.807) is 6.07 Å². The Morgan fingerprint density at radius 1 is 1.24 bits per heavy atom. The molecule has 9 heteroatoms. The summed E-state index contributed by atoms with van der Waals surface area (Å²) >= 11 is 0. The number of nitrogens with zero attached hydrogens (tertiary/aromatic N) is 1. The molecule has 2 atom stereocenters. The molecule has 0 unspecified atom stereocenters. The molecule has 1 saturated heterocycles. The van der Waals surface area contributed by atoms with Crippen molar-refractivity contribution in [2.75, 3.05) is 25.6 Å². The minimum atomic E-state index is -0.943. The number of carbonyl (C=O) groups is 4. The van der Waals surface area contributed by atoms with Crippen molar-refractivity contribution in [1.82, 2.24) is 10.2 Å². The number of hydrogen-bond donors (Lipinski definition) is 2. The van der Waals surface area contributed by atoms with Gasteiger partial charge in [-0.15, -0.1) is 0 Å². The number of benzene rings is 1. The number of imide groups is 1. The highest BCUT2D eigenvalue weighted by Gasteiger charge is 2.55. The number of carbonyl (C=O) groups excluding carboxylic acids is 4. The van der Waals surface area contributed by atoms with Crippen molar-refractivity contribution < 1.29 is 28.7 Å². The maximum atomic E-state index is 12.9. The van der Waals surface area contributed by atoms with Crippen molar-refractivity contribution in [3.63, 3.8) is 0 Å². The SMILES string of the molecule is COc1ccc(C(C)(C)C)cc1NC(=O)COC(=O)CN1C(=O)N[C@@]2(CCCC[C@H]2C)C1=O. The fourth-order valence-electron chi connectivity index (χ4n) is 4.42. The third kappa shape index (κ3) is 5.12. The predicted octanol–water partition coefficient (Wildman–Crippen LogP) is 2.98. The van der Waals surface area contributed by atoms with Gasteiger partial charge >= 0.3 is 12.0 Å². The fourth-order valence-corrected chi connectivity index (χ4v) is 4.42. The van der Waals surface area contributed by atoms with Gasteiger partial charge < -0.3 is 20.1 Å². The molecule has 0 bridgehead atoms. The lowest BCUT2D eigenvalue weighted by atomic mass is 9.73. The lowest BCUT2D eigenvalue weighted by Crippen LogP contribution is -2.54. The van der Waals surface area contributed by atoms with Crippen LogP contribution in [0.4, 0.5) is 10.5 Å². The smallest absolute Gasteiger partial charge is 0.326 e. The van der Waals surface area contributed by atoms with Crippen LogP contribution >= 0.6 is 0 Å². The minimum absolute atomic E-state index is 0.00617. The topological polar surface area (TPSA) is 114 Å². The predicted molar refractivity (Wildman–Crippen MR) is 122 cm³/mol. The average Bonchev–Trinajstić information content (AvgIpc) is 2.98. The number of esters is 1. The molecule has 2 aliphatic rings. The number of anilines is 1. The monoisotopic (exact) mass is 459 g/mol. The van der Waals surface area contributed by atoms with Crippen LogP contribution in [0, 0.1) is 5.92 Å². The lowest BCUT2D eigenvalue weighted by Gasteiger charge is -2.36. The Morgan fingerprint density at radius 3 is 2.61 bits per heavy atom. The molecular weight excluding hydrogens is 426 g/mol. The van der Waals surface area contributed by atoms with Crippen LogP contribution in [0.3, 0.4) is 0 Å². The Labute approximate surface area is 194 Å². The zero-order valence-corrected chi connectivity index (χ0v) is 19.9. The Bertz CT molecular complexity index is 954. The van der Waals surface area contributed by atoms with Gasteiger partial charge in [0.1, 0.15) is 17.8 Å². The molecule has 1 aromatic carbocycles. The molecular formula is C24H33N3O6. The Kier molecular flexibility index (Phi) is 7.00. The van der Waals surface area contributed by atoms with Crippen LogP contribution in [0.5, 0.6) is 5.75 Å². The third-order valence-electron chi connectivity index (χ3n) is 6.49. The summed E-state index contributed by atoms with van der Waals surface area (Å²) in [4.78, 5) is 50.9. The molecule has 1 aromatic rings. The van der Waals surface area contributed by atoms with Crippen LogP contribution in [0.25, 0.3) is 0 Å². The van der Waals surface area contributed by atoms with Crippen LogP contribution in [0.15, 0.2) is 18.2 Å². The van der Waals surface area contributed by atoms with E-state index in [-0.39, 0.29) is 11.3 Å². The first kappa shape index (κ1) is 24.5. The molecule has 2 N–H and O–H groups in total. The van der Waals surface area contributed by atoms with E-state index in [4.69, 9.17) is 9.47 Å². The van der Waals surface area contributed by atoms with E-state index < -0.39 is 42.5 Å². The first-order valence-corrected chi connectivity index (χ1v) is 11.3. The van der Waals surface area contributed by atoms with Gasteiger partial charge in [0, 0.05) is 0 Å². The lowest BCUT2D eigenvalue weighted by molar-refractivity contribution is -0.150. The molecule has 0 aromatic heterocycles. The van der Waals surface area contributed by atoms with Crippen molar-refractivity contribution in [2.24, 2.45) is 5.92 Å². The number of nitrogens with one attached hydrogen (secondary N) is 2. The molecule has 4 amide bonds. The number of amides is 4. The molecule has 0 radical (unpaired) electrons. The Hall–Kier alpha value is -3.10.